The van der Waals surface area contributed by atoms with Crippen LogP contribution in [0.4, 0.5) is 5.82 Å². The SMILES string of the molecule is O[C@H](CN(Cc1ccccc1)c1ccc2nccnc2n1)c1ccco1. The number of rotatable bonds is 6. The van der Waals surface area contributed by atoms with Crippen molar-refractivity contribution >= 4 is 17.0 Å². The standard InChI is InChI=1S/C20H18N4O2/c25-17(18-7-4-12-26-18)14-24(13-15-5-2-1-3-6-15)19-9-8-16-20(23-19)22-11-10-21-16/h1-12,17,25H,13-14H2/t17-/m1/s1. The molecule has 0 aliphatic rings. The number of aromatic nitrogens is 3. The van der Waals surface area contributed by atoms with E-state index >= 15 is 0 Å². The van der Waals surface area contributed by atoms with E-state index in [1.54, 1.807) is 30.8 Å². The van der Waals surface area contributed by atoms with Crippen molar-refractivity contribution in [2.75, 3.05) is 11.4 Å². The number of hydrogen-bond acceptors (Lipinski definition) is 6. The second-order valence-corrected chi connectivity index (χ2v) is 5.97. The second-order valence-electron chi connectivity index (χ2n) is 5.97. The normalized spacial score (nSPS) is 12.2. The highest BCUT2D eigenvalue weighted by molar-refractivity contribution is 5.71. The Labute approximate surface area is 150 Å². The summed E-state index contributed by atoms with van der Waals surface area (Å²) >= 11 is 0. The number of fused-ring (bicyclic) bond motifs is 1. The summed E-state index contributed by atoms with van der Waals surface area (Å²) in [6.07, 6.45) is 4.07. The largest absolute Gasteiger partial charge is 0.467 e. The lowest BCUT2D eigenvalue weighted by Crippen LogP contribution is -2.29. The van der Waals surface area contributed by atoms with E-state index in [4.69, 9.17) is 4.42 Å². The molecule has 0 saturated heterocycles. The van der Waals surface area contributed by atoms with Gasteiger partial charge in [-0.05, 0) is 29.8 Å². The zero-order valence-corrected chi connectivity index (χ0v) is 14.1. The molecule has 0 amide bonds. The molecule has 0 unspecified atom stereocenters. The van der Waals surface area contributed by atoms with Gasteiger partial charge >= 0.3 is 0 Å². The molecule has 3 heterocycles. The maximum atomic E-state index is 10.5. The van der Waals surface area contributed by atoms with Gasteiger partial charge in [-0.3, -0.25) is 4.98 Å². The van der Waals surface area contributed by atoms with Gasteiger partial charge in [0.2, 0.25) is 0 Å². The van der Waals surface area contributed by atoms with Crippen LogP contribution in [-0.4, -0.2) is 26.6 Å². The summed E-state index contributed by atoms with van der Waals surface area (Å²) in [4.78, 5) is 15.2. The molecule has 0 aliphatic carbocycles. The van der Waals surface area contributed by atoms with Crippen molar-refractivity contribution in [2.24, 2.45) is 0 Å². The zero-order chi connectivity index (χ0) is 17.8. The molecule has 4 rings (SSSR count). The first-order chi connectivity index (χ1) is 12.8. The third-order valence-corrected chi connectivity index (χ3v) is 4.12. The molecule has 1 N–H and O–H groups in total. The Bertz CT molecular complexity index is 973. The van der Waals surface area contributed by atoms with Crippen LogP contribution in [0.15, 0.2) is 77.7 Å². The lowest BCUT2D eigenvalue weighted by Gasteiger charge is -2.26. The number of aliphatic hydroxyl groups excluding tert-OH is 1. The molecule has 3 aromatic heterocycles. The summed E-state index contributed by atoms with van der Waals surface area (Å²) in [5, 5.41) is 10.5. The van der Waals surface area contributed by atoms with E-state index in [1.807, 2.05) is 47.4 Å². The molecule has 0 spiro atoms. The summed E-state index contributed by atoms with van der Waals surface area (Å²) in [5.41, 5.74) is 2.44. The molecule has 6 nitrogen and oxygen atoms in total. The van der Waals surface area contributed by atoms with Crippen LogP contribution >= 0.6 is 0 Å². The first-order valence-electron chi connectivity index (χ1n) is 8.38. The van der Waals surface area contributed by atoms with Crippen molar-refractivity contribution in [2.45, 2.75) is 12.6 Å². The molecule has 0 aliphatic heterocycles. The molecule has 1 atom stereocenters. The van der Waals surface area contributed by atoms with Gasteiger partial charge in [-0.15, -0.1) is 0 Å². The van der Waals surface area contributed by atoms with Crippen LogP contribution in [0.1, 0.15) is 17.4 Å². The molecule has 0 bridgehead atoms. The quantitative estimate of drug-likeness (QED) is 0.577. The van der Waals surface area contributed by atoms with Crippen LogP contribution in [0, 0.1) is 0 Å². The van der Waals surface area contributed by atoms with Gasteiger partial charge in [0, 0.05) is 18.9 Å². The number of aliphatic hydroxyl groups is 1. The molecule has 26 heavy (non-hydrogen) atoms. The van der Waals surface area contributed by atoms with E-state index in [0.717, 1.165) is 16.9 Å². The van der Waals surface area contributed by atoms with Gasteiger partial charge in [-0.2, -0.15) is 0 Å². The molecule has 4 aromatic rings. The predicted octanol–water partition coefficient (Wildman–Crippen LogP) is 3.36. The predicted molar refractivity (Wildman–Crippen MR) is 98.5 cm³/mol. The van der Waals surface area contributed by atoms with Gasteiger partial charge in [0.1, 0.15) is 23.2 Å². The van der Waals surface area contributed by atoms with E-state index in [2.05, 4.69) is 15.0 Å². The van der Waals surface area contributed by atoms with Crippen molar-refractivity contribution in [1.82, 2.24) is 15.0 Å². The summed E-state index contributed by atoms with van der Waals surface area (Å²) in [6.45, 7) is 0.957. The molecule has 6 heteroatoms. The molecule has 130 valence electrons. The number of furan rings is 1. The minimum absolute atomic E-state index is 0.348. The van der Waals surface area contributed by atoms with E-state index in [9.17, 15) is 5.11 Å². The lowest BCUT2D eigenvalue weighted by atomic mass is 10.2. The highest BCUT2D eigenvalue weighted by Gasteiger charge is 2.18. The highest BCUT2D eigenvalue weighted by atomic mass is 16.4. The maximum absolute atomic E-state index is 10.5. The summed E-state index contributed by atoms with van der Waals surface area (Å²) in [7, 11) is 0. The van der Waals surface area contributed by atoms with Crippen molar-refractivity contribution in [3.8, 4) is 0 Å². The Balaban J connectivity index is 1.66. The van der Waals surface area contributed by atoms with Gasteiger partial charge in [0.25, 0.3) is 0 Å². The molecular weight excluding hydrogens is 328 g/mol. The van der Waals surface area contributed by atoms with Crippen molar-refractivity contribution in [3.05, 3.63) is 84.6 Å². The molecular formula is C20H18N4O2. The van der Waals surface area contributed by atoms with Crippen molar-refractivity contribution in [1.29, 1.82) is 0 Å². The number of pyridine rings is 1. The van der Waals surface area contributed by atoms with E-state index in [1.165, 1.54) is 0 Å². The fourth-order valence-electron chi connectivity index (χ4n) is 2.84. The molecule has 0 saturated carbocycles. The zero-order valence-electron chi connectivity index (χ0n) is 14.1. The van der Waals surface area contributed by atoms with Crippen LogP contribution in [0.3, 0.4) is 0 Å². The molecule has 0 radical (unpaired) electrons. The van der Waals surface area contributed by atoms with Crippen LogP contribution in [-0.2, 0) is 6.54 Å². The number of nitrogens with zero attached hydrogens (tertiary/aromatic N) is 4. The molecule has 0 fully saturated rings. The summed E-state index contributed by atoms with van der Waals surface area (Å²) in [6, 6.07) is 17.4. The smallest absolute Gasteiger partial charge is 0.180 e. The van der Waals surface area contributed by atoms with Crippen LogP contribution < -0.4 is 4.90 Å². The average Bonchev–Trinajstić information content (AvgIpc) is 3.23. The van der Waals surface area contributed by atoms with Crippen LogP contribution in [0.25, 0.3) is 11.2 Å². The second kappa shape index (κ2) is 7.33. The van der Waals surface area contributed by atoms with Crippen LogP contribution in [0.2, 0.25) is 0 Å². The fourth-order valence-corrected chi connectivity index (χ4v) is 2.84. The van der Waals surface area contributed by atoms with Gasteiger partial charge in [0.15, 0.2) is 5.65 Å². The Morgan fingerprint density at radius 1 is 0.962 bits per heavy atom. The molecule has 1 aromatic carbocycles. The highest BCUT2D eigenvalue weighted by Crippen LogP contribution is 2.22. The summed E-state index contributed by atoms with van der Waals surface area (Å²) < 4.78 is 5.33. The summed E-state index contributed by atoms with van der Waals surface area (Å²) in [5.74, 6) is 1.26. The number of hydrogen-bond donors (Lipinski definition) is 1. The van der Waals surface area contributed by atoms with Gasteiger partial charge in [-0.1, -0.05) is 30.3 Å². The number of anilines is 1. The average molecular weight is 346 g/mol. The third kappa shape index (κ3) is 3.55. The van der Waals surface area contributed by atoms with Gasteiger partial charge in [-0.25, -0.2) is 9.97 Å². The minimum atomic E-state index is -0.756. The van der Waals surface area contributed by atoms with Crippen molar-refractivity contribution in [3.63, 3.8) is 0 Å². The monoisotopic (exact) mass is 346 g/mol. The van der Waals surface area contributed by atoms with Crippen molar-refractivity contribution < 1.29 is 9.52 Å². The maximum Gasteiger partial charge on any atom is 0.180 e. The Morgan fingerprint density at radius 2 is 1.81 bits per heavy atom. The first kappa shape index (κ1) is 16.2. The fraction of sp³-hybridized carbons (Fsp3) is 0.150. The third-order valence-electron chi connectivity index (χ3n) is 4.12. The Hall–Kier alpha value is -3.25. The van der Waals surface area contributed by atoms with Gasteiger partial charge in [0.05, 0.1) is 12.8 Å². The van der Waals surface area contributed by atoms with E-state index < -0.39 is 6.10 Å². The van der Waals surface area contributed by atoms with E-state index in [-0.39, 0.29) is 0 Å². The van der Waals surface area contributed by atoms with Crippen LogP contribution in [0.5, 0.6) is 0 Å². The Morgan fingerprint density at radius 3 is 2.62 bits per heavy atom. The topological polar surface area (TPSA) is 75.3 Å². The minimum Gasteiger partial charge on any atom is -0.467 e. The first-order valence-corrected chi connectivity index (χ1v) is 8.38. The van der Waals surface area contributed by atoms with Gasteiger partial charge < -0.3 is 14.4 Å². The number of benzene rings is 1. The lowest BCUT2D eigenvalue weighted by molar-refractivity contribution is 0.154. The Kier molecular flexibility index (Phi) is 4.57. The van der Waals surface area contributed by atoms with E-state index in [0.29, 0.717) is 24.5 Å².